The van der Waals surface area contributed by atoms with Crippen LogP contribution in [0.3, 0.4) is 0 Å². The fourth-order valence-corrected chi connectivity index (χ4v) is 2.69. The molecule has 0 unspecified atom stereocenters. The molecule has 5 heteroatoms. The molecular formula is C21H25N5. The first-order valence-electron chi connectivity index (χ1n) is 8.70. The Balaban J connectivity index is 1.72. The van der Waals surface area contributed by atoms with Gasteiger partial charge in [0.15, 0.2) is 0 Å². The van der Waals surface area contributed by atoms with Crippen LogP contribution in [0.5, 0.6) is 0 Å². The van der Waals surface area contributed by atoms with Gasteiger partial charge >= 0.3 is 0 Å². The summed E-state index contributed by atoms with van der Waals surface area (Å²) in [7, 11) is 4.06. The second-order valence-electron chi connectivity index (χ2n) is 6.56. The Kier molecular flexibility index (Phi) is 5.37. The fourth-order valence-electron chi connectivity index (χ4n) is 2.69. The third-order valence-electron chi connectivity index (χ3n) is 4.21. The van der Waals surface area contributed by atoms with E-state index in [4.69, 9.17) is 0 Å². The molecule has 0 atom stereocenters. The van der Waals surface area contributed by atoms with Crippen LogP contribution in [0.2, 0.25) is 0 Å². The van der Waals surface area contributed by atoms with Gasteiger partial charge in [0, 0.05) is 43.8 Å². The number of rotatable bonds is 6. The molecule has 26 heavy (non-hydrogen) atoms. The lowest BCUT2D eigenvalue weighted by molar-refractivity contribution is 1.02. The summed E-state index contributed by atoms with van der Waals surface area (Å²) in [5, 5.41) is 6.68. The maximum absolute atomic E-state index is 4.59. The molecule has 0 saturated carbocycles. The van der Waals surface area contributed by atoms with Crippen molar-refractivity contribution in [2.45, 2.75) is 20.4 Å². The highest BCUT2D eigenvalue weighted by atomic mass is 15.1. The van der Waals surface area contributed by atoms with Gasteiger partial charge in [-0.3, -0.25) is 0 Å². The zero-order chi connectivity index (χ0) is 18.5. The smallest absolute Gasteiger partial charge is 0.225 e. The molecule has 0 fully saturated rings. The molecular weight excluding hydrogens is 322 g/mol. The lowest BCUT2D eigenvalue weighted by Crippen LogP contribution is -2.08. The molecule has 3 rings (SSSR count). The van der Waals surface area contributed by atoms with Crippen LogP contribution in [0, 0.1) is 13.8 Å². The van der Waals surface area contributed by atoms with Crippen LogP contribution in [0.25, 0.3) is 0 Å². The largest absolute Gasteiger partial charge is 0.378 e. The summed E-state index contributed by atoms with van der Waals surface area (Å²) in [6.45, 7) is 4.78. The minimum absolute atomic E-state index is 0.626. The minimum Gasteiger partial charge on any atom is -0.378 e. The molecule has 0 bridgehead atoms. The quantitative estimate of drug-likeness (QED) is 0.687. The minimum atomic E-state index is 0.626. The second-order valence-corrected chi connectivity index (χ2v) is 6.56. The van der Waals surface area contributed by atoms with Crippen LogP contribution >= 0.6 is 0 Å². The van der Waals surface area contributed by atoms with Crippen molar-refractivity contribution in [1.82, 2.24) is 9.97 Å². The van der Waals surface area contributed by atoms with Gasteiger partial charge in [-0.15, -0.1) is 0 Å². The molecule has 3 aromatic rings. The van der Waals surface area contributed by atoms with E-state index in [1.807, 2.05) is 51.4 Å². The highest BCUT2D eigenvalue weighted by Gasteiger charge is 2.04. The lowest BCUT2D eigenvalue weighted by Gasteiger charge is -2.14. The SMILES string of the molecule is Cc1cc(Nc2ccc(N(C)C)cc2)nc(NCc2ccccc2C)n1. The summed E-state index contributed by atoms with van der Waals surface area (Å²) in [6.07, 6.45) is 0. The number of hydrogen-bond acceptors (Lipinski definition) is 5. The Morgan fingerprint density at radius 2 is 1.65 bits per heavy atom. The van der Waals surface area contributed by atoms with Gasteiger partial charge in [-0.2, -0.15) is 4.98 Å². The van der Waals surface area contributed by atoms with Crippen LogP contribution in [-0.4, -0.2) is 24.1 Å². The van der Waals surface area contributed by atoms with Crippen molar-refractivity contribution in [2.75, 3.05) is 29.6 Å². The number of aryl methyl sites for hydroxylation is 2. The zero-order valence-electron chi connectivity index (χ0n) is 15.7. The van der Waals surface area contributed by atoms with Crippen molar-refractivity contribution in [1.29, 1.82) is 0 Å². The predicted octanol–water partition coefficient (Wildman–Crippen LogP) is 4.52. The summed E-state index contributed by atoms with van der Waals surface area (Å²) in [6, 6.07) is 18.5. The van der Waals surface area contributed by atoms with Crippen LogP contribution in [0.4, 0.5) is 23.1 Å². The summed E-state index contributed by atoms with van der Waals surface area (Å²) in [4.78, 5) is 11.2. The van der Waals surface area contributed by atoms with E-state index in [-0.39, 0.29) is 0 Å². The van der Waals surface area contributed by atoms with Gasteiger partial charge < -0.3 is 15.5 Å². The molecule has 2 aromatic carbocycles. The molecule has 0 spiro atoms. The molecule has 0 amide bonds. The maximum atomic E-state index is 4.59. The van der Waals surface area contributed by atoms with E-state index in [1.54, 1.807) is 0 Å². The molecule has 2 N–H and O–H groups in total. The predicted molar refractivity (Wildman–Crippen MR) is 109 cm³/mol. The highest BCUT2D eigenvalue weighted by Crippen LogP contribution is 2.20. The highest BCUT2D eigenvalue weighted by molar-refractivity contribution is 5.61. The summed E-state index contributed by atoms with van der Waals surface area (Å²) in [5.74, 6) is 1.41. The maximum Gasteiger partial charge on any atom is 0.225 e. The van der Waals surface area contributed by atoms with E-state index < -0.39 is 0 Å². The average molecular weight is 347 g/mol. The Hall–Kier alpha value is -3.08. The summed E-state index contributed by atoms with van der Waals surface area (Å²) in [5.41, 5.74) is 5.58. The summed E-state index contributed by atoms with van der Waals surface area (Å²) >= 11 is 0. The van der Waals surface area contributed by atoms with Crippen LogP contribution in [-0.2, 0) is 6.54 Å². The number of aromatic nitrogens is 2. The molecule has 1 heterocycles. The van der Waals surface area contributed by atoms with Crippen molar-refractivity contribution < 1.29 is 0 Å². The Bertz CT molecular complexity index is 872. The number of nitrogens with one attached hydrogen (secondary N) is 2. The molecule has 5 nitrogen and oxygen atoms in total. The second kappa shape index (κ2) is 7.87. The topological polar surface area (TPSA) is 53.1 Å². The van der Waals surface area contributed by atoms with Crippen molar-refractivity contribution in [2.24, 2.45) is 0 Å². The third-order valence-corrected chi connectivity index (χ3v) is 4.21. The first-order chi connectivity index (χ1) is 12.5. The van der Waals surface area contributed by atoms with E-state index in [1.165, 1.54) is 11.1 Å². The first kappa shape index (κ1) is 17.7. The van der Waals surface area contributed by atoms with Crippen LogP contribution < -0.4 is 15.5 Å². The van der Waals surface area contributed by atoms with Crippen LogP contribution in [0.15, 0.2) is 54.6 Å². The van der Waals surface area contributed by atoms with Gasteiger partial charge in [0.2, 0.25) is 5.95 Å². The lowest BCUT2D eigenvalue weighted by atomic mass is 10.1. The Morgan fingerprint density at radius 1 is 0.923 bits per heavy atom. The number of hydrogen-bond donors (Lipinski definition) is 2. The molecule has 134 valence electrons. The first-order valence-corrected chi connectivity index (χ1v) is 8.70. The fraction of sp³-hybridized carbons (Fsp3) is 0.238. The number of anilines is 4. The van der Waals surface area contributed by atoms with Gasteiger partial charge in [0.05, 0.1) is 0 Å². The molecule has 0 aliphatic carbocycles. The van der Waals surface area contributed by atoms with Gasteiger partial charge in [0.25, 0.3) is 0 Å². The number of nitrogens with zero attached hydrogens (tertiary/aromatic N) is 3. The standard InChI is InChI=1S/C21H25N5/c1-15-7-5-6-8-17(15)14-22-21-23-16(2)13-20(25-21)24-18-9-11-19(12-10-18)26(3)4/h5-13H,14H2,1-4H3,(H2,22,23,24,25). The Labute approximate surface area is 155 Å². The van der Waals surface area contributed by atoms with Gasteiger partial charge in [-0.25, -0.2) is 4.98 Å². The Morgan fingerprint density at radius 3 is 2.35 bits per heavy atom. The van der Waals surface area contributed by atoms with E-state index >= 15 is 0 Å². The van der Waals surface area contributed by atoms with E-state index in [0.29, 0.717) is 12.5 Å². The van der Waals surface area contributed by atoms with Gasteiger partial charge in [-0.1, -0.05) is 24.3 Å². The van der Waals surface area contributed by atoms with Crippen molar-refractivity contribution in [3.63, 3.8) is 0 Å². The van der Waals surface area contributed by atoms with E-state index in [9.17, 15) is 0 Å². The molecule has 0 aliphatic heterocycles. The van der Waals surface area contributed by atoms with E-state index in [2.05, 4.69) is 56.7 Å². The zero-order valence-corrected chi connectivity index (χ0v) is 15.7. The molecule has 0 radical (unpaired) electrons. The monoisotopic (exact) mass is 347 g/mol. The molecule has 0 saturated heterocycles. The molecule has 0 aliphatic rings. The van der Waals surface area contributed by atoms with Crippen molar-refractivity contribution >= 4 is 23.1 Å². The third kappa shape index (κ3) is 4.51. The van der Waals surface area contributed by atoms with Gasteiger partial charge in [0.1, 0.15) is 5.82 Å². The van der Waals surface area contributed by atoms with Crippen LogP contribution in [0.1, 0.15) is 16.8 Å². The van der Waals surface area contributed by atoms with Gasteiger partial charge in [-0.05, 0) is 49.2 Å². The van der Waals surface area contributed by atoms with E-state index in [0.717, 1.165) is 22.9 Å². The number of benzene rings is 2. The summed E-state index contributed by atoms with van der Waals surface area (Å²) < 4.78 is 0. The van der Waals surface area contributed by atoms with Crippen molar-refractivity contribution in [3.8, 4) is 0 Å². The normalized spacial score (nSPS) is 10.5. The molecule has 1 aromatic heterocycles. The average Bonchev–Trinajstić information content (AvgIpc) is 2.61. The van der Waals surface area contributed by atoms with Crippen molar-refractivity contribution in [3.05, 3.63) is 71.4 Å².